The molecule has 3 amide bonds. The van der Waals surface area contributed by atoms with Gasteiger partial charge in [0, 0.05) is 18.6 Å². The smallest absolute Gasteiger partial charge is 0.246 e. The normalized spacial score (nSPS) is 25.5. The molecule has 38 heavy (non-hydrogen) atoms. The van der Waals surface area contributed by atoms with Crippen LogP contribution in [0.4, 0.5) is 0 Å². The topological polar surface area (TPSA) is 103 Å². The van der Waals surface area contributed by atoms with Gasteiger partial charge >= 0.3 is 0 Å². The van der Waals surface area contributed by atoms with Crippen molar-refractivity contribution in [1.82, 2.24) is 26.2 Å². The molecule has 210 valence electrons. The fourth-order valence-electron chi connectivity index (χ4n) is 6.53. The van der Waals surface area contributed by atoms with E-state index in [1.54, 1.807) is 18.9 Å². The number of likely N-dealkylation sites (tertiary alicyclic amines) is 1. The lowest BCUT2D eigenvalue weighted by Crippen LogP contribution is -2.58. The van der Waals surface area contributed by atoms with Crippen molar-refractivity contribution < 1.29 is 14.4 Å². The molecule has 0 aromatic heterocycles. The Hall–Kier alpha value is -2.45. The van der Waals surface area contributed by atoms with Gasteiger partial charge in [-0.05, 0) is 69.5 Å². The molecule has 1 saturated carbocycles. The van der Waals surface area contributed by atoms with Gasteiger partial charge < -0.3 is 26.2 Å². The molecule has 3 aliphatic rings. The molecule has 4 rings (SSSR count). The van der Waals surface area contributed by atoms with Gasteiger partial charge in [0.05, 0.1) is 12.1 Å². The van der Waals surface area contributed by atoms with Crippen LogP contribution in [0.1, 0.15) is 89.3 Å². The average Bonchev–Trinajstić information content (AvgIpc) is 3.34. The van der Waals surface area contributed by atoms with Gasteiger partial charge in [-0.15, -0.1) is 0 Å². The summed E-state index contributed by atoms with van der Waals surface area (Å²) in [6.45, 7) is 6.44. The van der Waals surface area contributed by atoms with Gasteiger partial charge in [-0.1, -0.05) is 57.4 Å². The standard InChI is InChI=1S/C30H47N5O3/c1-19(2)32-23-17-26(29(37)33-25-16-10-14-21-11-8-9-15-24(21)25)35(18-23)30(38)27(22-12-6-5-7-13-22)34-28(36)20(3)31-4/h8-9,11,15,19-20,22-23,25-27,31-32H,5-7,10,12-14,16-18H2,1-4H3,(H,33,37)(H,34,36)/t20-,23-,25?,26-,27-/m0/s1. The van der Waals surface area contributed by atoms with E-state index in [0.29, 0.717) is 13.0 Å². The molecule has 0 radical (unpaired) electrons. The van der Waals surface area contributed by atoms with Crippen LogP contribution in [0, 0.1) is 5.92 Å². The number of carbonyl (C=O) groups excluding carboxylic acids is 3. The first-order valence-corrected chi connectivity index (χ1v) is 14.7. The summed E-state index contributed by atoms with van der Waals surface area (Å²) >= 11 is 0. The Labute approximate surface area is 228 Å². The maximum Gasteiger partial charge on any atom is 0.246 e. The predicted octanol–water partition coefficient (Wildman–Crippen LogP) is 2.82. The lowest BCUT2D eigenvalue weighted by Gasteiger charge is -2.35. The van der Waals surface area contributed by atoms with Gasteiger partial charge in [-0.2, -0.15) is 0 Å². The largest absolute Gasteiger partial charge is 0.347 e. The summed E-state index contributed by atoms with van der Waals surface area (Å²) in [6.07, 6.45) is 8.67. The van der Waals surface area contributed by atoms with E-state index in [1.807, 2.05) is 6.07 Å². The number of nitrogens with zero attached hydrogens (tertiary/aromatic N) is 1. The summed E-state index contributed by atoms with van der Waals surface area (Å²) < 4.78 is 0. The van der Waals surface area contributed by atoms with Crippen LogP contribution in [0.2, 0.25) is 0 Å². The van der Waals surface area contributed by atoms with Crippen LogP contribution in [0.3, 0.4) is 0 Å². The number of likely N-dealkylation sites (N-methyl/N-ethyl adjacent to an activating group) is 1. The van der Waals surface area contributed by atoms with Gasteiger partial charge in [0.25, 0.3) is 0 Å². The number of amides is 3. The Morgan fingerprint density at radius 1 is 0.974 bits per heavy atom. The minimum Gasteiger partial charge on any atom is -0.347 e. The number of nitrogens with one attached hydrogen (secondary N) is 4. The second kappa shape index (κ2) is 13.1. The molecule has 1 aliphatic heterocycles. The fraction of sp³-hybridized carbons (Fsp3) is 0.700. The molecule has 2 fully saturated rings. The van der Waals surface area contributed by atoms with Crippen LogP contribution >= 0.6 is 0 Å². The molecular formula is C30H47N5O3. The zero-order valence-corrected chi connectivity index (χ0v) is 23.6. The Kier molecular flexibility index (Phi) is 9.82. The molecule has 2 aliphatic carbocycles. The van der Waals surface area contributed by atoms with Gasteiger partial charge in [0.1, 0.15) is 12.1 Å². The van der Waals surface area contributed by atoms with E-state index >= 15 is 0 Å². The van der Waals surface area contributed by atoms with E-state index in [0.717, 1.165) is 51.4 Å². The molecule has 0 spiro atoms. The lowest BCUT2D eigenvalue weighted by molar-refractivity contribution is -0.143. The minimum atomic E-state index is -0.609. The van der Waals surface area contributed by atoms with E-state index in [4.69, 9.17) is 0 Å². The molecule has 1 heterocycles. The summed E-state index contributed by atoms with van der Waals surface area (Å²) in [6, 6.07) is 7.02. The molecular weight excluding hydrogens is 478 g/mol. The summed E-state index contributed by atoms with van der Waals surface area (Å²) in [5, 5.41) is 12.9. The van der Waals surface area contributed by atoms with E-state index in [9.17, 15) is 14.4 Å². The summed E-state index contributed by atoms with van der Waals surface area (Å²) in [5.41, 5.74) is 2.48. The third-order valence-corrected chi connectivity index (χ3v) is 8.65. The highest BCUT2D eigenvalue weighted by molar-refractivity contribution is 5.94. The summed E-state index contributed by atoms with van der Waals surface area (Å²) in [5.74, 6) is -0.293. The molecule has 8 heteroatoms. The summed E-state index contributed by atoms with van der Waals surface area (Å²) in [7, 11) is 1.74. The number of carbonyl (C=O) groups is 3. The minimum absolute atomic E-state index is 0.0345. The highest BCUT2D eigenvalue weighted by Crippen LogP contribution is 2.32. The third-order valence-electron chi connectivity index (χ3n) is 8.65. The van der Waals surface area contributed by atoms with Crippen molar-refractivity contribution in [2.45, 2.75) is 115 Å². The van der Waals surface area contributed by atoms with E-state index in [1.165, 1.54) is 11.1 Å². The number of hydrogen-bond donors (Lipinski definition) is 4. The number of aryl methyl sites for hydroxylation is 1. The second-order valence-corrected chi connectivity index (χ2v) is 11.8. The lowest BCUT2D eigenvalue weighted by atomic mass is 9.83. The van der Waals surface area contributed by atoms with Gasteiger partial charge in [0.15, 0.2) is 0 Å². The van der Waals surface area contributed by atoms with Crippen LogP contribution in [0.5, 0.6) is 0 Å². The predicted molar refractivity (Wildman–Crippen MR) is 149 cm³/mol. The SMILES string of the molecule is CN[C@@H](C)C(=O)N[C@H](C(=O)N1C[C@@H](NC(C)C)C[C@H]1C(=O)NC1CCCc2ccccc21)C1CCCCC1. The Morgan fingerprint density at radius 3 is 2.42 bits per heavy atom. The van der Waals surface area contributed by atoms with Gasteiger partial charge in [-0.25, -0.2) is 0 Å². The average molecular weight is 526 g/mol. The molecule has 5 atom stereocenters. The fourth-order valence-corrected chi connectivity index (χ4v) is 6.53. The van der Waals surface area contributed by atoms with Crippen LogP contribution in [-0.4, -0.2) is 66.4 Å². The summed E-state index contributed by atoms with van der Waals surface area (Å²) in [4.78, 5) is 42.7. The number of fused-ring (bicyclic) bond motifs is 1. The van der Waals surface area contributed by atoms with E-state index in [2.05, 4.69) is 53.3 Å². The zero-order valence-electron chi connectivity index (χ0n) is 23.6. The number of hydrogen-bond acceptors (Lipinski definition) is 5. The highest BCUT2D eigenvalue weighted by Gasteiger charge is 2.44. The Morgan fingerprint density at radius 2 is 1.71 bits per heavy atom. The Bertz CT molecular complexity index is 976. The number of benzene rings is 1. The molecule has 0 bridgehead atoms. The van der Waals surface area contributed by atoms with Crippen molar-refractivity contribution >= 4 is 17.7 Å². The van der Waals surface area contributed by atoms with E-state index < -0.39 is 18.1 Å². The first kappa shape index (κ1) is 28.6. The molecule has 4 N–H and O–H groups in total. The zero-order chi connectivity index (χ0) is 27.2. The second-order valence-electron chi connectivity index (χ2n) is 11.8. The van der Waals surface area contributed by atoms with Crippen molar-refractivity contribution in [2.24, 2.45) is 5.92 Å². The quantitative estimate of drug-likeness (QED) is 0.397. The van der Waals surface area contributed by atoms with Crippen molar-refractivity contribution in [3.8, 4) is 0 Å². The molecule has 1 aromatic rings. The van der Waals surface area contributed by atoms with Crippen LogP contribution in [0.15, 0.2) is 24.3 Å². The Balaban J connectivity index is 1.56. The maximum absolute atomic E-state index is 14.2. The van der Waals surface area contributed by atoms with Crippen LogP contribution in [0.25, 0.3) is 0 Å². The van der Waals surface area contributed by atoms with Crippen molar-refractivity contribution in [1.29, 1.82) is 0 Å². The molecule has 1 saturated heterocycles. The molecule has 1 unspecified atom stereocenters. The highest BCUT2D eigenvalue weighted by atomic mass is 16.2. The van der Waals surface area contributed by atoms with Crippen molar-refractivity contribution in [3.05, 3.63) is 35.4 Å². The monoisotopic (exact) mass is 525 g/mol. The van der Waals surface area contributed by atoms with Gasteiger partial charge in [0.2, 0.25) is 17.7 Å². The van der Waals surface area contributed by atoms with Crippen LogP contribution < -0.4 is 21.3 Å². The van der Waals surface area contributed by atoms with E-state index in [-0.39, 0.29) is 41.8 Å². The molecule has 1 aromatic carbocycles. The molecule has 8 nitrogen and oxygen atoms in total. The van der Waals surface area contributed by atoms with Gasteiger partial charge in [-0.3, -0.25) is 14.4 Å². The first-order valence-electron chi connectivity index (χ1n) is 14.7. The maximum atomic E-state index is 14.2. The third kappa shape index (κ3) is 6.75. The first-order chi connectivity index (χ1) is 18.3. The van der Waals surface area contributed by atoms with Crippen molar-refractivity contribution in [3.63, 3.8) is 0 Å². The number of rotatable bonds is 9. The van der Waals surface area contributed by atoms with Crippen molar-refractivity contribution in [2.75, 3.05) is 13.6 Å². The van der Waals surface area contributed by atoms with Crippen LogP contribution in [-0.2, 0) is 20.8 Å².